The normalized spacial score (nSPS) is 28.7. The first kappa shape index (κ1) is 13.1. The Balaban J connectivity index is 1.94. The summed E-state index contributed by atoms with van der Waals surface area (Å²) in [5.41, 5.74) is 6.70. The molecule has 1 aliphatic heterocycles. The number of rotatable bonds is 3. The van der Waals surface area contributed by atoms with Gasteiger partial charge < -0.3 is 5.73 Å². The lowest BCUT2D eigenvalue weighted by Gasteiger charge is -2.26. The van der Waals surface area contributed by atoms with Gasteiger partial charge in [-0.05, 0) is 49.8 Å². The third kappa shape index (κ3) is 2.20. The second kappa shape index (κ2) is 4.58. The van der Waals surface area contributed by atoms with Crippen molar-refractivity contribution in [1.29, 1.82) is 0 Å². The highest BCUT2D eigenvalue weighted by molar-refractivity contribution is 7.89. The quantitative estimate of drug-likeness (QED) is 0.919. The molecular formula is C14H20N2O2S. The maximum absolute atomic E-state index is 12.7. The topological polar surface area (TPSA) is 63.4 Å². The maximum Gasteiger partial charge on any atom is 0.243 e. The molecule has 3 rings (SSSR count). The summed E-state index contributed by atoms with van der Waals surface area (Å²) in [5.74, 6) is 0.566. The van der Waals surface area contributed by atoms with Crippen LogP contribution in [0, 0.1) is 5.92 Å². The third-order valence-corrected chi connectivity index (χ3v) is 6.26. The number of fused-ring (bicyclic) bond motifs is 2. The number of nitrogens with two attached hydrogens (primary N) is 1. The van der Waals surface area contributed by atoms with Crippen LogP contribution in [0.5, 0.6) is 0 Å². The van der Waals surface area contributed by atoms with Gasteiger partial charge in [0.05, 0.1) is 4.90 Å². The molecule has 0 aromatic heterocycles. The average molecular weight is 280 g/mol. The van der Waals surface area contributed by atoms with Crippen molar-refractivity contribution in [1.82, 2.24) is 4.31 Å². The molecular weight excluding hydrogens is 260 g/mol. The SMILES string of the molecule is CC(N)c1cccc(S(=O)(=O)N2CC3CCC2C3)c1. The molecule has 2 bridgehead atoms. The summed E-state index contributed by atoms with van der Waals surface area (Å²) in [6.07, 6.45) is 3.22. The van der Waals surface area contributed by atoms with E-state index in [0.29, 0.717) is 17.4 Å². The molecule has 0 amide bonds. The van der Waals surface area contributed by atoms with Gasteiger partial charge in [-0.3, -0.25) is 0 Å². The first-order valence-electron chi connectivity index (χ1n) is 6.86. The maximum atomic E-state index is 12.7. The minimum Gasteiger partial charge on any atom is -0.324 e. The van der Waals surface area contributed by atoms with E-state index in [-0.39, 0.29) is 12.1 Å². The fraction of sp³-hybridized carbons (Fsp3) is 0.571. The van der Waals surface area contributed by atoms with Crippen LogP contribution in [0.1, 0.15) is 37.8 Å². The van der Waals surface area contributed by atoms with Crippen molar-refractivity contribution in [2.24, 2.45) is 11.7 Å². The molecule has 3 unspecified atom stereocenters. The number of nitrogens with zero attached hydrogens (tertiary/aromatic N) is 1. The Morgan fingerprint density at radius 3 is 2.74 bits per heavy atom. The molecule has 1 aromatic carbocycles. The van der Waals surface area contributed by atoms with Crippen LogP contribution in [0.25, 0.3) is 0 Å². The van der Waals surface area contributed by atoms with Gasteiger partial charge in [-0.1, -0.05) is 12.1 Å². The Bertz CT molecular complexity index is 583. The molecule has 104 valence electrons. The monoisotopic (exact) mass is 280 g/mol. The predicted molar refractivity (Wildman–Crippen MR) is 74.1 cm³/mol. The van der Waals surface area contributed by atoms with Gasteiger partial charge in [0.2, 0.25) is 10.0 Å². The van der Waals surface area contributed by atoms with Crippen LogP contribution in [0.3, 0.4) is 0 Å². The Kier molecular flexibility index (Phi) is 3.15. The van der Waals surface area contributed by atoms with Gasteiger partial charge in [-0.2, -0.15) is 4.31 Å². The number of hydrogen-bond acceptors (Lipinski definition) is 3. The van der Waals surface area contributed by atoms with Gasteiger partial charge in [-0.25, -0.2) is 8.42 Å². The summed E-state index contributed by atoms with van der Waals surface area (Å²) >= 11 is 0. The first-order chi connectivity index (χ1) is 8.98. The largest absolute Gasteiger partial charge is 0.324 e. The summed E-state index contributed by atoms with van der Waals surface area (Å²) < 4.78 is 27.1. The van der Waals surface area contributed by atoms with Crippen molar-refractivity contribution in [3.05, 3.63) is 29.8 Å². The lowest BCUT2D eigenvalue weighted by Crippen LogP contribution is -2.37. The molecule has 1 aliphatic carbocycles. The van der Waals surface area contributed by atoms with Crippen molar-refractivity contribution in [3.63, 3.8) is 0 Å². The molecule has 19 heavy (non-hydrogen) atoms. The van der Waals surface area contributed by atoms with E-state index in [9.17, 15) is 8.42 Å². The Morgan fingerprint density at radius 1 is 1.37 bits per heavy atom. The van der Waals surface area contributed by atoms with Crippen molar-refractivity contribution >= 4 is 10.0 Å². The zero-order chi connectivity index (χ0) is 13.6. The van der Waals surface area contributed by atoms with E-state index in [1.165, 1.54) is 6.42 Å². The van der Waals surface area contributed by atoms with Crippen molar-refractivity contribution in [2.45, 2.75) is 43.2 Å². The number of piperidine rings is 1. The molecule has 2 fully saturated rings. The number of benzene rings is 1. The number of hydrogen-bond donors (Lipinski definition) is 1. The average Bonchev–Trinajstić information content (AvgIpc) is 3.01. The van der Waals surface area contributed by atoms with Crippen molar-refractivity contribution < 1.29 is 8.42 Å². The Labute approximate surface area is 114 Å². The second-order valence-corrected chi connectivity index (χ2v) is 7.66. The van der Waals surface area contributed by atoms with Gasteiger partial charge in [0.25, 0.3) is 0 Å². The van der Waals surface area contributed by atoms with Crippen LogP contribution < -0.4 is 5.73 Å². The minimum absolute atomic E-state index is 0.148. The minimum atomic E-state index is -3.35. The summed E-state index contributed by atoms with van der Waals surface area (Å²) in [7, 11) is -3.35. The lowest BCUT2D eigenvalue weighted by atomic mass is 10.1. The van der Waals surface area contributed by atoms with Crippen LogP contribution in [-0.2, 0) is 10.0 Å². The van der Waals surface area contributed by atoms with Gasteiger partial charge in [0.1, 0.15) is 0 Å². The van der Waals surface area contributed by atoms with Gasteiger partial charge in [0.15, 0.2) is 0 Å². The number of sulfonamides is 1. The van der Waals surface area contributed by atoms with E-state index in [4.69, 9.17) is 5.73 Å². The molecule has 0 spiro atoms. The van der Waals surface area contributed by atoms with Crippen LogP contribution in [0.4, 0.5) is 0 Å². The van der Waals surface area contributed by atoms with Gasteiger partial charge >= 0.3 is 0 Å². The van der Waals surface area contributed by atoms with Gasteiger partial charge in [-0.15, -0.1) is 0 Å². The zero-order valence-electron chi connectivity index (χ0n) is 11.1. The van der Waals surface area contributed by atoms with E-state index in [2.05, 4.69) is 0 Å². The van der Waals surface area contributed by atoms with Crippen molar-refractivity contribution in [3.8, 4) is 0 Å². The third-order valence-electron chi connectivity index (χ3n) is 4.35. The predicted octanol–water partition coefficient (Wildman–Crippen LogP) is 1.88. The van der Waals surface area contributed by atoms with Crippen molar-refractivity contribution in [2.75, 3.05) is 6.54 Å². The first-order valence-corrected chi connectivity index (χ1v) is 8.30. The van der Waals surface area contributed by atoms with E-state index in [1.54, 1.807) is 22.5 Å². The molecule has 1 heterocycles. The molecule has 1 saturated heterocycles. The van der Waals surface area contributed by atoms with E-state index in [1.807, 2.05) is 13.0 Å². The summed E-state index contributed by atoms with van der Waals surface area (Å²) in [5, 5.41) is 0. The highest BCUT2D eigenvalue weighted by Gasteiger charge is 2.44. The van der Waals surface area contributed by atoms with E-state index >= 15 is 0 Å². The molecule has 5 heteroatoms. The Hall–Kier alpha value is -0.910. The molecule has 0 radical (unpaired) electrons. The zero-order valence-corrected chi connectivity index (χ0v) is 11.9. The standard InChI is InChI=1S/C14H20N2O2S/c1-10(15)12-3-2-4-14(8-12)19(17,18)16-9-11-5-6-13(16)7-11/h2-4,8,10-11,13H,5-7,9,15H2,1H3. The van der Waals surface area contributed by atoms with E-state index in [0.717, 1.165) is 18.4 Å². The highest BCUT2D eigenvalue weighted by Crippen LogP contribution is 2.40. The molecule has 4 nitrogen and oxygen atoms in total. The second-order valence-electron chi connectivity index (χ2n) is 5.77. The highest BCUT2D eigenvalue weighted by atomic mass is 32.2. The summed E-state index contributed by atoms with van der Waals surface area (Å²) in [6, 6.07) is 7.11. The molecule has 3 atom stereocenters. The Morgan fingerprint density at radius 2 is 2.16 bits per heavy atom. The molecule has 2 aliphatic rings. The summed E-state index contributed by atoms with van der Waals surface area (Å²) in [4.78, 5) is 0.384. The molecule has 1 saturated carbocycles. The fourth-order valence-electron chi connectivity index (χ4n) is 3.27. The lowest BCUT2D eigenvalue weighted by molar-refractivity contribution is 0.333. The van der Waals surface area contributed by atoms with E-state index < -0.39 is 10.0 Å². The van der Waals surface area contributed by atoms with Crippen LogP contribution in [0.2, 0.25) is 0 Å². The summed E-state index contributed by atoms with van der Waals surface area (Å²) in [6.45, 7) is 2.55. The van der Waals surface area contributed by atoms with Crippen LogP contribution >= 0.6 is 0 Å². The molecule has 2 N–H and O–H groups in total. The van der Waals surface area contributed by atoms with Crippen LogP contribution in [0.15, 0.2) is 29.2 Å². The van der Waals surface area contributed by atoms with Gasteiger partial charge in [0, 0.05) is 18.6 Å². The molecule has 1 aromatic rings. The smallest absolute Gasteiger partial charge is 0.243 e. The fourth-order valence-corrected chi connectivity index (χ4v) is 5.06. The van der Waals surface area contributed by atoms with Crippen LogP contribution in [-0.4, -0.2) is 25.3 Å².